The number of benzene rings is 1. The van der Waals surface area contributed by atoms with Crippen molar-refractivity contribution in [2.45, 2.75) is 64.0 Å². The quantitative estimate of drug-likeness (QED) is 0.738. The lowest BCUT2D eigenvalue weighted by molar-refractivity contribution is 0.251. The molecule has 0 saturated heterocycles. The van der Waals surface area contributed by atoms with E-state index in [1.165, 1.54) is 37.7 Å². The molecule has 0 heterocycles. The Bertz CT molecular complexity index is 411. The minimum Gasteiger partial charge on any atom is -0.306 e. The summed E-state index contributed by atoms with van der Waals surface area (Å²) in [7, 11) is 0. The number of nitrogens with one attached hydrogen (secondary N) is 1. The first-order chi connectivity index (χ1) is 9.85. The smallest absolute Gasteiger partial charge is 0.0351 e. The minimum atomic E-state index is 0.437. The molecule has 0 spiro atoms. The maximum atomic E-state index is 5.51. The van der Waals surface area contributed by atoms with Crippen molar-refractivity contribution in [1.29, 1.82) is 0 Å². The molecular formula is C19H27N. The highest BCUT2D eigenvalue weighted by atomic mass is 15.0. The van der Waals surface area contributed by atoms with Crippen LogP contribution in [0.4, 0.5) is 0 Å². The summed E-state index contributed by atoms with van der Waals surface area (Å²) in [6, 6.07) is 11.8. The van der Waals surface area contributed by atoms with Crippen LogP contribution in [0.5, 0.6) is 0 Å². The number of hydrogen-bond donors (Lipinski definition) is 1. The average molecular weight is 269 g/mol. The molecule has 1 N–H and O–H groups in total. The number of rotatable bonds is 6. The van der Waals surface area contributed by atoms with Gasteiger partial charge < -0.3 is 5.32 Å². The van der Waals surface area contributed by atoms with Crippen LogP contribution in [0, 0.1) is 18.3 Å². The molecule has 1 aliphatic carbocycles. The third kappa shape index (κ3) is 4.12. The number of terminal acetylenes is 1. The fourth-order valence-electron chi connectivity index (χ4n) is 3.35. The molecule has 1 heteroatoms. The fraction of sp³-hybridized carbons (Fsp3) is 0.579. The van der Waals surface area contributed by atoms with Crippen LogP contribution < -0.4 is 5.32 Å². The molecule has 0 amide bonds. The Hall–Kier alpha value is -1.26. The lowest BCUT2D eigenvalue weighted by atomic mass is 9.80. The summed E-state index contributed by atoms with van der Waals surface area (Å²) >= 11 is 0. The van der Waals surface area contributed by atoms with E-state index in [-0.39, 0.29) is 0 Å². The van der Waals surface area contributed by atoms with Crippen molar-refractivity contribution in [3.05, 3.63) is 35.9 Å². The molecule has 2 rings (SSSR count). The molecular weight excluding hydrogens is 242 g/mol. The first-order valence-electron chi connectivity index (χ1n) is 8.09. The molecule has 0 aliphatic heterocycles. The zero-order chi connectivity index (χ0) is 14.2. The van der Waals surface area contributed by atoms with E-state index in [1.54, 1.807) is 0 Å². The largest absolute Gasteiger partial charge is 0.306 e. The third-order valence-corrected chi connectivity index (χ3v) is 4.55. The molecule has 1 aromatic carbocycles. The highest BCUT2D eigenvalue weighted by molar-refractivity contribution is 5.20. The van der Waals surface area contributed by atoms with E-state index in [2.05, 4.69) is 48.5 Å². The molecule has 0 aromatic heterocycles. The second-order valence-corrected chi connectivity index (χ2v) is 5.97. The summed E-state index contributed by atoms with van der Waals surface area (Å²) in [5, 5.41) is 3.85. The summed E-state index contributed by atoms with van der Waals surface area (Å²) in [6.45, 7) is 2.22. The zero-order valence-corrected chi connectivity index (χ0v) is 12.6. The summed E-state index contributed by atoms with van der Waals surface area (Å²) < 4.78 is 0. The first-order valence-corrected chi connectivity index (χ1v) is 8.09. The summed E-state index contributed by atoms with van der Waals surface area (Å²) in [6.07, 6.45) is 14.3. The van der Waals surface area contributed by atoms with Gasteiger partial charge in [-0.3, -0.25) is 0 Å². The molecule has 1 fully saturated rings. The van der Waals surface area contributed by atoms with Gasteiger partial charge >= 0.3 is 0 Å². The maximum Gasteiger partial charge on any atom is 0.0351 e. The second kappa shape index (κ2) is 8.12. The van der Waals surface area contributed by atoms with Gasteiger partial charge in [0, 0.05) is 18.5 Å². The van der Waals surface area contributed by atoms with Crippen LogP contribution in [0.25, 0.3) is 0 Å². The van der Waals surface area contributed by atoms with Crippen molar-refractivity contribution < 1.29 is 0 Å². The van der Waals surface area contributed by atoms with E-state index in [1.807, 2.05) is 0 Å². The Morgan fingerprint density at radius 2 is 1.90 bits per heavy atom. The average Bonchev–Trinajstić information content (AvgIpc) is 2.53. The van der Waals surface area contributed by atoms with Gasteiger partial charge in [0.25, 0.3) is 0 Å². The van der Waals surface area contributed by atoms with E-state index in [4.69, 9.17) is 6.42 Å². The Morgan fingerprint density at radius 1 is 1.20 bits per heavy atom. The van der Waals surface area contributed by atoms with E-state index in [0.29, 0.717) is 12.1 Å². The van der Waals surface area contributed by atoms with Gasteiger partial charge in [-0.2, -0.15) is 0 Å². The van der Waals surface area contributed by atoms with Crippen LogP contribution in [0.15, 0.2) is 30.3 Å². The van der Waals surface area contributed by atoms with Gasteiger partial charge in [0.2, 0.25) is 0 Å². The molecule has 0 radical (unpaired) electrons. The monoisotopic (exact) mass is 269 g/mol. The van der Waals surface area contributed by atoms with Crippen LogP contribution in [0.3, 0.4) is 0 Å². The topological polar surface area (TPSA) is 12.0 Å². The second-order valence-electron chi connectivity index (χ2n) is 5.97. The molecule has 20 heavy (non-hydrogen) atoms. The van der Waals surface area contributed by atoms with E-state index >= 15 is 0 Å². The Morgan fingerprint density at radius 3 is 2.50 bits per heavy atom. The Balaban J connectivity index is 2.13. The van der Waals surface area contributed by atoms with Crippen molar-refractivity contribution in [2.24, 2.45) is 5.92 Å². The predicted molar refractivity (Wildman–Crippen MR) is 86.4 cm³/mol. The Kier molecular flexibility index (Phi) is 6.15. The van der Waals surface area contributed by atoms with Gasteiger partial charge in [-0.25, -0.2) is 0 Å². The molecule has 1 saturated carbocycles. The van der Waals surface area contributed by atoms with Crippen LogP contribution >= 0.6 is 0 Å². The van der Waals surface area contributed by atoms with Gasteiger partial charge in [0.15, 0.2) is 0 Å². The minimum absolute atomic E-state index is 0.437. The van der Waals surface area contributed by atoms with Crippen molar-refractivity contribution in [2.75, 3.05) is 0 Å². The number of hydrogen-bond acceptors (Lipinski definition) is 1. The first kappa shape index (κ1) is 15.1. The van der Waals surface area contributed by atoms with E-state index in [0.717, 1.165) is 18.8 Å². The summed E-state index contributed by atoms with van der Waals surface area (Å²) in [5.41, 5.74) is 1.43. The fourth-order valence-corrected chi connectivity index (χ4v) is 3.35. The summed E-state index contributed by atoms with van der Waals surface area (Å²) in [5.74, 6) is 3.58. The SMILES string of the molecule is C#CCC(CC)NC(c1ccccc1)C1CCCCC1. The highest BCUT2D eigenvalue weighted by Crippen LogP contribution is 2.35. The van der Waals surface area contributed by atoms with Gasteiger partial charge in [0.1, 0.15) is 0 Å². The van der Waals surface area contributed by atoms with Crippen LogP contribution in [-0.2, 0) is 0 Å². The van der Waals surface area contributed by atoms with Crippen LogP contribution in [-0.4, -0.2) is 6.04 Å². The molecule has 2 unspecified atom stereocenters. The van der Waals surface area contributed by atoms with Gasteiger partial charge in [0.05, 0.1) is 0 Å². The molecule has 1 aromatic rings. The molecule has 2 atom stereocenters. The van der Waals surface area contributed by atoms with Crippen molar-refractivity contribution in [3.8, 4) is 12.3 Å². The maximum absolute atomic E-state index is 5.51. The van der Waals surface area contributed by atoms with Crippen molar-refractivity contribution in [3.63, 3.8) is 0 Å². The molecule has 1 aliphatic rings. The van der Waals surface area contributed by atoms with Crippen molar-refractivity contribution >= 4 is 0 Å². The van der Waals surface area contributed by atoms with Gasteiger partial charge in [-0.05, 0) is 30.7 Å². The van der Waals surface area contributed by atoms with Crippen LogP contribution in [0.1, 0.15) is 63.5 Å². The standard InChI is InChI=1S/C19H27N/c1-3-11-18(4-2)20-19(16-12-7-5-8-13-16)17-14-9-6-10-15-17/h1,5,7-8,12-13,17-20H,4,6,9-11,14-15H2,2H3. The predicted octanol–water partition coefficient (Wildman–Crippen LogP) is 4.70. The third-order valence-electron chi connectivity index (χ3n) is 4.55. The van der Waals surface area contributed by atoms with E-state index in [9.17, 15) is 0 Å². The molecule has 108 valence electrons. The van der Waals surface area contributed by atoms with Crippen LogP contribution in [0.2, 0.25) is 0 Å². The van der Waals surface area contributed by atoms with E-state index < -0.39 is 0 Å². The highest BCUT2D eigenvalue weighted by Gasteiger charge is 2.26. The van der Waals surface area contributed by atoms with Gasteiger partial charge in [-0.1, -0.05) is 56.5 Å². The molecule has 0 bridgehead atoms. The zero-order valence-electron chi connectivity index (χ0n) is 12.6. The summed E-state index contributed by atoms with van der Waals surface area (Å²) in [4.78, 5) is 0. The van der Waals surface area contributed by atoms with Crippen molar-refractivity contribution in [1.82, 2.24) is 5.32 Å². The molecule has 1 nitrogen and oxygen atoms in total. The normalized spacial score (nSPS) is 19.2. The van der Waals surface area contributed by atoms with Gasteiger partial charge in [-0.15, -0.1) is 12.3 Å². The lowest BCUT2D eigenvalue weighted by Crippen LogP contribution is -2.37. The Labute approximate surface area is 124 Å². The lowest BCUT2D eigenvalue weighted by Gasteiger charge is -2.34.